The summed E-state index contributed by atoms with van der Waals surface area (Å²) in [4.78, 5) is 4.38. The molecule has 2 aliphatic rings. The van der Waals surface area contributed by atoms with Crippen LogP contribution in [-0.4, -0.2) is 33.5 Å². The maximum absolute atomic E-state index is 10.5. The molecular formula is C20H28N2O2. The molecule has 4 rings (SSSR count). The second kappa shape index (κ2) is 5.57. The molecule has 0 radical (unpaired) electrons. The molecular weight excluding hydrogens is 300 g/mol. The van der Waals surface area contributed by atoms with Gasteiger partial charge < -0.3 is 14.4 Å². The maximum Gasteiger partial charge on any atom is 0.0959 e. The molecule has 130 valence electrons. The molecule has 2 bridgehead atoms. The Bertz CT molecular complexity index is 738. The molecule has 0 unspecified atom stereocenters. The van der Waals surface area contributed by atoms with E-state index < -0.39 is 6.10 Å². The second-order valence-corrected chi connectivity index (χ2v) is 8.47. The number of hydrogen-bond donors (Lipinski definition) is 1. The van der Waals surface area contributed by atoms with E-state index >= 15 is 0 Å². The van der Waals surface area contributed by atoms with Crippen molar-refractivity contribution in [1.82, 2.24) is 9.55 Å². The van der Waals surface area contributed by atoms with Gasteiger partial charge in [-0.25, -0.2) is 4.98 Å². The number of hydrogen-bond acceptors (Lipinski definition) is 3. The fraction of sp³-hybridized carbons (Fsp3) is 0.650. The Morgan fingerprint density at radius 2 is 2.12 bits per heavy atom. The van der Waals surface area contributed by atoms with Crippen molar-refractivity contribution in [2.45, 2.75) is 58.8 Å². The van der Waals surface area contributed by atoms with Crippen molar-refractivity contribution in [2.24, 2.45) is 16.7 Å². The molecule has 2 saturated carbocycles. The monoisotopic (exact) mass is 328 g/mol. The van der Waals surface area contributed by atoms with Gasteiger partial charge >= 0.3 is 0 Å². The molecule has 24 heavy (non-hydrogen) atoms. The first-order chi connectivity index (χ1) is 11.4. The third-order valence-corrected chi connectivity index (χ3v) is 7.14. The number of nitrogens with zero attached hydrogens (tertiary/aromatic N) is 2. The first-order valence-electron chi connectivity index (χ1n) is 9.11. The van der Waals surface area contributed by atoms with Crippen molar-refractivity contribution in [3.05, 3.63) is 30.6 Å². The average Bonchev–Trinajstić information content (AvgIpc) is 3.12. The van der Waals surface area contributed by atoms with Crippen molar-refractivity contribution in [3.63, 3.8) is 0 Å². The zero-order valence-electron chi connectivity index (χ0n) is 14.9. The van der Waals surface area contributed by atoms with Gasteiger partial charge in [0.25, 0.3) is 0 Å². The number of aliphatic hydroxyl groups is 1. The molecule has 1 heterocycles. The highest BCUT2D eigenvalue weighted by Crippen LogP contribution is 2.66. The highest BCUT2D eigenvalue weighted by Gasteiger charge is 2.61. The lowest BCUT2D eigenvalue weighted by Gasteiger charge is -2.39. The van der Waals surface area contributed by atoms with Crippen LogP contribution in [0.25, 0.3) is 11.0 Å². The molecule has 4 heteroatoms. The van der Waals surface area contributed by atoms with Gasteiger partial charge in [0.1, 0.15) is 0 Å². The van der Waals surface area contributed by atoms with Crippen molar-refractivity contribution < 1.29 is 9.84 Å². The summed E-state index contributed by atoms with van der Waals surface area (Å²) in [6, 6.07) is 8.01. The number of para-hydroxylation sites is 2. The van der Waals surface area contributed by atoms with Crippen LogP contribution in [-0.2, 0) is 11.3 Å². The van der Waals surface area contributed by atoms with Crippen molar-refractivity contribution >= 4 is 11.0 Å². The van der Waals surface area contributed by atoms with E-state index in [4.69, 9.17) is 4.74 Å². The number of rotatable bonds is 5. The summed E-state index contributed by atoms with van der Waals surface area (Å²) in [5.41, 5.74) is 2.62. The predicted octanol–water partition coefficient (Wildman–Crippen LogP) is 3.63. The van der Waals surface area contributed by atoms with Crippen LogP contribution >= 0.6 is 0 Å². The first kappa shape index (κ1) is 16.1. The standard InChI is InChI=1S/C20H28N2O2/c1-19(2)14-8-9-20(19,3)18(10-14)24-12-15(23)11-22-13-21-16-6-4-5-7-17(16)22/h4-7,13-15,18,23H,8-12H2,1-3H3/t14-,15+,18+,20-/m0/s1. The Balaban J connectivity index is 1.39. The quantitative estimate of drug-likeness (QED) is 0.912. The van der Waals surface area contributed by atoms with Gasteiger partial charge in [0, 0.05) is 0 Å². The molecule has 0 saturated heterocycles. The Hall–Kier alpha value is -1.39. The Kier molecular flexibility index (Phi) is 3.73. The molecule has 4 nitrogen and oxygen atoms in total. The minimum absolute atomic E-state index is 0.249. The Morgan fingerprint density at radius 1 is 1.33 bits per heavy atom. The SMILES string of the molecule is CC1(C)[C@H]2CC[C@@]1(C)[C@H](OC[C@H](O)Cn1cnc3ccccc31)C2. The number of benzene rings is 1. The van der Waals surface area contributed by atoms with Crippen molar-refractivity contribution in [2.75, 3.05) is 6.61 Å². The van der Waals surface area contributed by atoms with Gasteiger partial charge in [-0.15, -0.1) is 0 Å². The van der Waals surface area contributed by atoms with Crippen LogP contribution in [0.2, 0.25) is 0 Å². The van der Waals surface area contributed by atoms with E-state index in [1.807, 2.05) is 28.8 Å². The third kappa shape index (κ3) is 2.31. The zero-order chi connectivity index (χ0) is 16.9. The minimum atomic E-state index is -0.506. The van der Waals surface area contributed by atoms with E-state index in [-0.39, 0.29) is 11.5 Å². The maximum atomic E-state index is 10.5. The van der Waals surface area contributed by atoms with E-state index in [0.717, 1.165) is 23.4 Å². The summed E-state index contributed by atoms with van der Waals surface area (Å²) in [6.07, 6.45) is 5.29. The van der Waals surface area contributed by atoms with Crippen LogP contribution in [0, 0.1) is 16.7 Å². The lowest BCUT2D eigenvalue weighted by atomic mass is 9.70. The van der Waals surface area contributed by atoms with E-state index in [2.05, 4.69) is 25.8 Å². The summed E-state index contributed by atoms with van der Waals surface area (Å²) >= 11 is 0. The minimum Gasteiger partial charge on any atom is -0.389 e. The summed E-state index contributed by atoms with van der Waals surface area (Å²) in [7, 11) is 0. The van der Waals surface area contributed by atoms with Gasteiger partial charge in [0.15, 0.2) is 0 Å². The van der Waals surface area contributed by atoms with Crippen LogP contribution < -0.4 is 0 Å². The highest BCUT2D eigenvalue weighted by molar-refractivity contribution is 5.74. The van der Waals surface area contributed by atoms with E-state index in [0.29, 0.717) is 18.6 Å². The van der Waals surface area contributed by atoms with Crippen LogP contribution in [0.5, 0.6) is 0 Å². The van der Waals surface area contributed by atoms with Gasteiger partial charge in [-0.1, -0.05) is 32.9 Å². The first-order valence-corrected chi connectivity index (χ1v) is 9.11. The fourth-order valence-electron chi connectivity index (χ4n) is 5.05. The molecule has 1 aromatic heterocycles. The van der Waals surface area contributed by atoms with Crippen molar-refractivity contribution in [3.8, 4) is 0 Å². The van der Waals surface area contributed by atoms with Gasteiger partial charge in [-0.3, -0.25) is 0 Å². The van der Waals surface area contributed by atoms with Gasteiger partial charge in [-0.05, 0) is 48.1 Å². The molecule has 2 aliphatic carbocycles. The van der Waals surface area contributed by atoms with Gasteiger partial charge in [-0.2, -0.15) is 0 Å². The number of ether oxygens (including phenoxy) is 1. The zero-order valence-corrected chi connectivity index (χ0v) is 14.9. The van der Waals surface area contributed by atoms with Gasteiger partial charge in [0.2, 0.25) is 0 Å². The summed E-state index contributed by atoms with van der Waals surface area (Å²) in [5.74, 6) is 0.766. The highest BCUT2D eigenvalue weighted by atomic mass is 16.5. The third-order valence-electron chi connectivity index (χ3n) is 7.14. The number of aromatic nitrogens is 2. The summed E-state index contributed by atoms with van der Waals surface area (Å²) in [5, 5.41) is 10.5. The molecule has 1 aromatic carbocycles. The molecule has 0 aliphatic heterocycles. The lowest BCUT2D eigenvalue weighted by molar-refractivity contribution is -0.0771. The summed E-state index contributed by atoms with van der Waals surface area (Å²) < 4.78 is 8.22. The Morgan fingerprint density at radius 3 is 2.83 bits per heavy atom. The lowest BCUT2D eigenvalue weighted by Crippen LogP contribution is -2.38. The molecule has 2 fully saturated rings. The van der Waals surface area contributed by atoms with E-state index in [1.54, 1.807) is 6.33 Å². The normalized spacial score (nSPS) is 32.5. The molecule has 4 atom stereocenters. The van der Waals surface area contributed by atoms with Crippen LogP contribution in [0.4, 0.5) is 0 Å². The second-order valence-electron chi connectivity index (χ2n) is 8.47. The molecule has 2 aromatic rings. The van der Waals surface area contributed by atoms with E-state index in [1.165, 1.54) is 12.8 Å². The Labute approximate surface area is 143 Å². The topological polar surface area (TPSA) is 47.3 Å². The fourth-order valence-corrected chi connectivity index (χ4v) is 5.05. The number of imidazole rings is 1. The smallest absolute Gasteiger partial charge is 0.0959 e. The van der Waals surface area contributed by atoms with Crippen LogP contribution in [0.15, 0.2) is 30.6 Å². The predicted molar refractivity (Wildman–Crippen MR) is 94.7 cm³/mol. The van der Waals surface area contributed by atoms with Crippen LogP contribution in [0.3, 0.4) is 0 Å². The summed E-state index contributed by atoms with van der Waals surface area (Å²) in [6.45, 7) is 8.08. The van der Waals surface area contributed by atoms with E-state index in [9.17, 15) is 5.11 Å². The van der Waals surface area contributed by atoms with Crippen LogP contribution in [0.1, 0.15) is 40.0 Å². The molecule has 0 spiro atoms. The largest absolute Gasteiger partial charge is 0.389 e. The van der Waals surface area contributed by atoms with Crippen molar-refractivity contribution in [1.29, 1.82) is 0 Å². The van der Waals surface area contributed by atoms with Gasteiger partial charge in [0.05, 0.1) is 42.7 Å². The number of fused-ring (bicyclic) bond motifs is 3. The molecule has 0 amide bonds. The average molecular weight is 328 g/mol. The molecule has 1 N–H and O–H groups in total. The number of aliphatic hydroxyl groups excluding tert-OH is 1.